The number of amides is 2. The van der Waals surface area contributed by atoms with Crippen molar-refractivity contribution in [3.8, 4) is 0 Å². The number of primary amides is 1. The maximum atomic E-state index is 13.2. The Labute approximate surface area is 185 Å². The second kappa shape index (κ2) is 8.99. The van der Waals surface area contributed by atoms with Gasteiger partial charge in [-0.15, -0.1) is 10.2 Å². The molecule has 9 nitrogen and oxygen atoms in total. The van der Waals surface area contributed by atoms with Crippen LogP contribution in [0.1, 0.15) is 37.4 Å². The van der Waals surface area contributed by atoms with Crippen molar-refractivity contribution in [1.82, 2.24) is 14.8 Å². The molecule has 4 rings (SSSR count). The Morgan fingerprint density at radius 1 is 1.16 bits per heavy atom. The van der Waals surface area contributed by atoms with Gasteiger partial charge >= 0.3 is 0 Å². The predicted molar refractivity (Wildman–Crippen MR) is 118 cm³/mol. The molecule has 11 heteroatoms. The first-order valence-corrected chi connectivity index (χ1v) is 13.1. The molecule has 2 amide bonds. The van der Waals surface area contributed by atoms with Crippen LogP contribution in [0.25, 0.3) is 0 Å². The van der Waals surface area contributed by atoms with Crippen molar-refractivity contribution in [2.45, 2.75) is 49.3 Å². The second-order valence-electron chi connectivity index (χ2n) is 7.93. The lowest BCUT2D eigenvalue weighted by Gasteiger charge is -2.28. The van der Waals surface area contributed by atoms with E-state index in [1.807, 2.05) is 34.9 Å². The third-order valence-electron chi connectivity index (χ3n) is 5.47. The van der Waals surface area contributed by atoms with E-state index in [9.17, 15) is 18.0 Å². The average molecular weight is 464 g/mol. The number of sulfone groups is 1. The van der Waals surface area contributed by atoms with Crippen molar-refractivity contribution < 1.29 is 18.0 Å². The summed E-state index contributed by atoms with van der Waals surface area (Å²) < 4.78 is 25.9. The van der Waals surface area contributed by atoms with Gasteiger partial charge in [-0.2, -0.15) is 0 Å². The first-order valence-electron chi connectivity index (χ1n) is 10.3. The Bertz CT molecular complexity index is 1070. The van der Waals surface area contributed by atoms with E-state index in [1.165, 1.54) is 11.8 Å². The minimum absolute atomic E-state index is 0.0288. The van der Waals surface area contributed by atoms with Gasteiger partial charge in [-0.1, -0.05) is 30.0 Å². The summed E-state index contributed by atoms with van der Waals surface area (Å²) in [5.41, 5.74) is 5.99. The van der Waals surface area contributed by atoms with Crippen molar-refractivity contribution in [1.29, 1.82) is 0 Å². The Hall–Kier alpha value is -2.40. The highest BCUT2D eigenvalue weighted by atomic mass is 32.2. The van der Waals surface area contributed by atoms with Crippen molar-refractivity contribution in [3.05, 3.63) is 36.2 Å². The molecule has 1 aliphatic heterocycles. The third kappa shape index (κ3) is 5.27. The normalized spacial score (nSPS) is 19.9. The molecule has 1 saturated heterocycles. The Morgan fingerprint density at radius 3 is 2.52 bits per heavy atom. The van der Waals surface area contributed by atoms with Crippen molar-refractivity contribution in [3.63, 3.8) is 0 Å². The lowest BCUT2D eigenvalue weighted by Crippen LogP contribution is -2.42. The van der Waals surface area contributed by atoms with Gasteiger partial charge in [-0.25, -0.2) is 8.42 Å². The van der Waals surface area contributed by atoms with Gasteiger partial charge in [-0.05, 0) is 31.4 Å². The molecule has 1 saturated carbocycles. The quantitative estimate of drug-likeness (QED) is 0.556. The molecule has 1 aromatic heterocycles. The van der Waals surface area contributed by atoms with Crippen LogP contribution in [-0.2, 0) is 26.0 Å². The summed E-state index contributed by atoms with van der Waals surface area (Å²) in [5.74, 6) is 0.737. The zero-order valence-electron chi connectivity index (χ0n) is 17.0. The van der Waals surface area contributed by atoms with Gasteiger partial charge in [0.2, 0.25) is 11.8 Å². The Kier molecular flexibility index (Phi) is 6.33. The van der Waals surface area contributed by atoms with Gasteiger partial charge in [-0.3, -0.25) is 9.59 Å². The van der Waals surface area contributed by atoms with Crippen LogP contribution in [-0.4, -0.2) is 58.3 Å². The summed E-state index contributed by atoms with van der Waals surface area (Å²) in [6.07, 6.45) is 2.68. The van der Waals surface area contributed by atoms with Crippen LogP contribution in [0.5, 0.6) is 0 Å². The number of aromatic nitrogens is 3. The van der Waals surface area contributed by atoms with Gasteiger partial charge in [0.15, 0.2) is 15.0 Å². The fourth-order valence-corrected chi connectivity index (χ4v) is 6.34. The SMILES string of the molecule is NC(=O)CCn1c(SCC(=O)N(c2ccccc2)C2CCS(=O)(=O)C2)nnc1C1CC1. The summed E-state index contributed by atoms with van der Waals surface area (Å²) in [7, 11) is -3.14. The number of hydrogen-bond donors (Lipinski definition) is 1. The van der Waals surface area contributed by atoms with E-state index >= 15 is 0 Å². The largest absolute Gasteiger partial charge is 0.370 e. The molecular weight excluding hydrogens is 438 g/mol. The summed E-state index contributed by atoms with van der Waals surface area (Å²) in [6.45, 7) is 0.383. The van der Waals surface area contributed by atoms with Crippen LogP contribution < -0.4 is 10.6 Å². The van der Waals surface area contributed by atoms with Gasteiger partial charge in [0.1, 0.15) is 5.82 Å². The van der Waals surface area contributed by atoms with E-state index in [0.717, 1.165) is 18.7 Å². The van der Waals surface area contributed by atoms with E-state index in [4.69, 9.17) is 5.73 Å². The summed E-state index contributed by atoms with van der Waals surface area (Å²) in [6, 6.07) is 8.76. The first-order chi connectivity index (χ1) is 14.8. The molecule has 1 aromatic carbocycles. The molecule has 0 spiro atoms. The lowest BCUT2D eigenvalue weighted by atomic mass is 10.2. The second-order valence-corrected chi connectivity index (χ2v) is 11.1. The minimum atomic E-state index is -3.14. The van der Waals surface area contributed by atoms with E-state index in [-0.39, 0.29) is 35.6 Å². The first kappa shape index (κ1) is 21.8. The average Bonchev–Trinajstić information content (AvgIpc) is 3.40. The molecule has 2 fully saturated rings. The molecule has 0 radical (unpaired) electrons. The van der Waals surface area contributed by atoms with Crippen LogP contribution in [0.3, 0.4) is 0 Å². The number of carbonyl (C=O) groups is 2. The van der Waals surface area contributed by atoms with E-state index in [2.05, 4.69) is 10.2 Å². The highest BCUT2D eigenvalue weighted by molar-refractivity contribution is 7.99. The monoisotopic (exact) mass is 463 g/mol. The van der Waals surface area contributed by atoms with Gasteiger partial charge in [0.25, 0.3) is 0 Å². The van der Waals surface area contributed by atoms with Gasteiger partial charge in [0.05, 0.1) is 23.3 Å². The van der Waals surface area contributed by atoms with Crippen LogP contribution >= 0.6 is 11.8 Å². The topological polar surface area (TPSA) is 128 Å². The standard InChI is InChI=1S/C20H25N5O4S2/c21-17(26)8-10-24-19(14-6-7-14)22-23-20(24)30-12-18(27)25(15-4-2-1-3-5-15)16-9-11-31(28,29)13-16/h1-5,14,16H,6-13H2,(H2,21,26). The van der Waals surface area contributed by atoms with Crippen LogP contribution in [0, 0.1) is 0 Å². The number of anilines is 1. The van der Waals surface area contributed by atoms with Crippen LogP contribution in [0.15, 0.2) is 35.5 Å². The third-order valence-corrected chi connectivity index (χ3v) is 8.17. The number of rotatable bonds is 9. The Balaban J connectivity index is 1.51. The number of thioether (sulfide) groups is 1. The molecule has 2 aliphatic rings. The number of para-hydroxylation sites is 1. The molecule has 31 heavy (non-hydrogen) atoms. The highest BCUT2D eigenvalue weighted by Gasteiger charge is 2.36. The molecule has 0 bridgehead atoms. The van der Waals surface area contributed by atoms with Crippen LogP contribution in [0.2, 0.25) is 0 Å². The van der Waals surface area contributed by atoms with Crippen molar-refractivity contribution >= 4 is 39.1 Å². The molecule has 2 N–H and O–H groups in total. The molecule has 166 valence electrons. The maximum Gasteiger partial charge on any atom is 0.237 e. The van der Waals surface area contributed by atoms with Crippen molar-refractivity contribution in [2.75, 3.05) is 22.2 Å². The highest BCUT2D eigenvalue weighted by Crippen LogP contribution is 2.40. The minimum Gasteiger partial charge on any atom is -0.370 e. The number of carbonyl (C=O) groups excluding carboxylic acids is 2. The van der Waals surface area contributed by atoms with Gasteiger partial charge < -0.3 is 15.2 Å². The molecular formula is C20H25N5O4S2. The number of benzene rings is 1. The molecule has 1 aliphatic carbocycles. The van der Waals surface area contributed by atoms with Gasteiger partial charge in [0, 0.05) is 24.6 Å². The fourth-order valence-electron chi connectivity index (χ4n) is 3.80. The molecule has 2 heterocycles. The molecule has 1 atom stereocenters. The zero-order chi connectivity index (χ0) is 22.0. The van der Waals surface area contributed by atoms with E-state index in [1.54, 1.807) is 4.90 Å². The Morgan fingerprint density at radius 2 is 1.90 bits per heavy atom. The maximum absolute atomic E-state index is 13.2. The molecule has 2 aromatic rings. The number of hydrogen-bond acceptors (Lipinski definition) is 7. The lowest BCUT2D eigenvalue weighted by molar-refractivity contribution is -0.118. The fraction of sp³-hybridized carbons (Fsp3) is 0.500. The molecule has 1 unspecified atom stereocenters. The number of nitrogens with zero attached hydrogens (tertiary/aromatic N) is 4. The predicted octanol–water partition coefficient (Wildman–Crippen LogP) is 1.34. The number of nitrogens with two attached hydrogens (primary N) is 1. The zero-order valence-corrected chi connectivity index (χ0v) is 18.6. The summed E-state index contributed by atoms with van der Waals surface area (Å²) in [5, 5.41) is 9.08. The van der Waals surface area contributed by atoms with E-state index < -0.39 is 15.7 Å². The van der Waals surface area contributed by atoms with Crippen molar-refractivity contribution in [2.24, 2.45) is 5.73 Å². The van der Waals surface area contributed by atoms with E-state index in [0.29, 0.717) is 29.7 Å². The summed E-state index contributed by atoms with van der Waals surface area (Å²) >= 11 is 1.25. The van der Waals surface area contributed by atoms with Crippen LogP contribution in [0.4, 0.5) is 5.69 Å². The summed E-state index contributed by atoms with van der Waals surface area (Å²) in [4.78, 5) is 26.1. The smallest absolute Gasteiger partial charge is 0.237 e.